The monoisotopic (exact) mass is 425 g/mol. The predicted octanol–water partition coefficient (Wildman–Crippen LogP) is 5.82. The number of amides is 1. The first-order valence-electron chi connectivity index (χ1n) is 10.9. The third-order valence-electron chi connectivity index (χ3n) is 7.26. The van der Waals surface area contributed by atoms with Gasteiger partial charge in [0.15, 0.2) is 0 Å². The summed E-state index contributed by atoms with van der Waals surface area (Å²) in [7, 11) is 1.41. The second-order valence-corrected chi connectivity index (χ2v) is 10.4. The highest BCUT2D eigenvalue weighted by atomic mass is 32.1. The summed E-state index contributed by atoms with van der Waals surface area (Å²) >= 11 is 1.57. The quantitative estimate of drug-likeness (QED) is 0.594. The molecule has 0 bridgehead atoms. The highest BCUT2D eigenvalue weighted by Gasteiger charge is 2.44. The van der Waals surface area contributed by atoms with Crippen LogP contribution in [0.1, 0.15) is 72.3 Å². The molecule has 3 atom stereocenters. The summed E-state index contributed by atoms with van der Waals surface area (Å²) < 4.78 is 5.08. The Kier molecular flexibility index (Phi) is 5.75. The van der Waals surface area contributed by atoms with Crippen molar-refractivity contribution in [2.24, 2.45) is 17.3 Å². The summed E-state index contributed by atoms with van der Waals surface area (Å²) in [6, 6.07) is 10.2. The lowest BCUT2D eigenvalue weighted by Crippen LogP contribution is -2.28. The maximum atomic E-state index is 12.9. The molecular formula is C25H31NO3S. The Bertz CT molecular complexity index is 947. The Balaban J connectivity index is 1.55. The van der Waals surface area contributed by atoms with Gasteiger partial charge in [0.05, 0.1) is 12.7 Å². The van der Waals surface area contributed by atoms with Crippen molar-refractivity contribution in [3.8, 4) is 0 Å². The van der Waals surface area contributed by atoms with Gasteiger partial charge in [0.25, 0.3) is 0 Å². The van der Waals surface area contributed by atoms with E-state index in [1.54, 1.807) is 11.3 Å². The van der Waals surface area contributed by atoms with E-state index in [1.165, 1.54) is 17.6 Å². The maximum Gasteiger partial charge on any atom is 0.341 e. The summed E-state index contributed by atoms with van der Waals surface area (Å²) in [5.74, 6) is 0.513. The predicted molar refractivity (Wildman–Crippen MR) is 121 cm³/mol. The van der Waals surface area contributed by atoms with Crippen molar-refractivity contribution in [2.75, 3.05) is 12.4 Å². The minimum absolute atomic E-state index is 0.0121. The highest BCUT2D eigenvalue weighted by molar-refractivity contribution is 7.17. The smallest absolute Gasteiger partial charge is 0.341 e. The number of esters is 1. The molecule has 5 heteroatoms. The number of rotatable bonds is 6. The van der Waals surface area contributed by atoms with Gasteiger partial charge in [-0.25, -0.2) is 4.79 Å². The first kappa shape index (κ1) is 21.1. The Morgan fingerprint density at radius 1 is 1.23 bits per heavy atom. The molecule has 0 unspecified atom stereocenters. The largest absolute Gasteiger partial charge is 0.465 e. The van der Waals surface area contributed by atoms with Gasteiger partial charge in [-0.3, -0.25) is 4.79 Å². The van der Waals surface area contributed by atoms with Gasteiger partial charge in [-0.05, 0) is 54.1 Å². The van der Waals surface area contributed by atoms with Crippen LogP contribution < -0.4 is 5.32 Å². The molecule has 1 heterocycles. The molecule has 0 aliphatic heterocycles. The molecule has 0 saturated heterocycles. The van der Waals surface area contributed by atoms with Crippen molar-refractivity contribution in [3.05, 3.63) is 51.9 Å². The molecule has 1 N–H and O–H groups in total. The average molecular weight is 426 g/mol. The zero-order valence-corrected chi connectivity index (χ0v) is 19.1. The van der Waals surface area contributed by atoms with E-state index in [0.717, 1.165) is 37.7 Å². The third-order valence-corrected chi connectivity index (χ3v) is 8.43. The van der Waals surface area contributed by atoms with E-state index >= 15 is 0 Å². The van der Waals surface area contributed by atoms with Gasteiger partial charge in [0, 0.05) is 10.8 Å². The zero-order valence-electron chi connectivity index (χ0n) is 18.3. The van der Waals surface area contributed by atoms with Crippen molar-refractivity contribution in [1.29, 1.82) is 0 Å². The van der Waals surface area contributed by atoms with Gasteiger partial charge in [-0.2, -0.15) is 0 Å². The standard InChI is InChI=1S/C25H31NO3S/c1-5-25(2,3)16-11-12-17-20(13-16)30-23(21(17)24(28)29-4)26-22(27)19-14-18(19)15-9-7-6-8-10-15/h6-10,16,18-19H,5,11-14H2,1-4H3,(H,26,27)/t16-,18+,19-/m0/s1. The number of thiophene rings is 1. The maximum absolute atomic E-state index is 12.9. The fourth-order valence-corrected chi connectivity index (χ4v) is 6.02. The number of carbonyl (C=O) groups is 2. The molecule has 1 aromatic carbocycles. The van der Waals surface area contributed by atoms with Crippen molar-refractivity contribution in [1.82, 2.24) is 0 Å². The number of carbonyl (C=O) groups excluding carboxylic acids is 2. The molecule has 1 saturated carbocycles. The van der Waals surface area contributed by atoms with Crippen LogP contribution in [-0.2, 0) is 22.4 Å². The highest BCUT2D eigenvalue weighted by Crippen LogP contribution is 2.49. The lowest BCUT2D eigenvalue weighted by molar-refractivity contribution is -0.117. The summed E-state index contributed by atoms with van der Waals surface area (Å²) in [6.07, 6.45) is 4.91. The summed E-state index contributed by atoms with van der Waals surface area (Å²) in [5, 5.41) is 3.76. The number of benzene rings is 1. The van der Waals surface area contributed by atoms with Crippen LogP contribution in [0.25, 0.3) is 0 Å². The zero-order chi connectivity index (χ0) is 21.5. The molecule has 160 valence electrons. The molecular weight excluding hydrogens is 394 g/mol. The van der Waals surface area contributed by atoms with E-state index < -0.39 is 0 Å². The van der Waals surface area contributed by atoms with Crippen molar-refractivity contribution < 1.29 is 14.3 Å². The van der Waals surface area contributed by atoms with Crippen LogP contribution in [0.4, 0.5) is 5.00 Å². The van der Waals surface area contributed by atoms with Gasteiger partial charge in [-0.1, -0.05) is 57.5 Å². The molecule has 0 radical (unpaired) electrons. The van der Waals surface area contributed by atoms with Crippen molar-refractivity contribution in [3.63, 3.8) is 0 Å². The first-order valence-corrected chi connectivity index (χ1v) is 11.8. The molecule has 2 aliphatic carbocycles. The van der Waals surface area contributed by atoms with Gasteiger partial charge >= 0.3 is 5.97 Å². The molecule has 1 fully saturated rings. The second-order valence-electron chi connectivity index (χ2n) is 9.33. The summed E-state index contributed by atoms with van der Waals surface area (Å²) in [6.45, 7) is 6.90. The minimum atomic E-state index is -0.341. The molecule has 1 aromatic heterocycles. The number of methoxy groups -OCH3 is 1. The Labute approximate surface area is 183 Å². The summed E-state index contributed by atoms with van der Waals surface area (Å²) in [4.78, 5) is 26.8. The topological polar surface area (TPSA) is 55.4 Å². The Morgan fingerprint density at radius 3 is 2.63 bits per heavy atom. The number of fused-ring (bicyclic) bond motifs is 1. The SMILES string of the molecule is CCC(C)(C)[C@H]1CCc2c(sc(NC(=O)[C@H]3C[C@@H]3c3ccccc3)c2C(=O)OC)C1. The van der Waals surface area contributed by atoms with Gasteiger partial charge in [0.1, 0.15) is 5.00 Å². The summed E-state index contributed by atoms with van der Waals surface area (Å²) in [5.41, 5.74) is 3.14. The fourth-order valence-electron chi connectivity index (χ4n) is 4.71. The fraction of sp³-hybridized carbons (Fsp3) is 0.520. The van der Waals surface area contributed by atoms with E-state index in [2.05, 4.69) is 38.2 Å². The number of hydrogen-bond donors (Lipinski definition) is 1. The molecule has 4 rings (SSSR count). The molecule has 4 nitrogen and oxygen atoms in total. The van der Waals surface area contributed by atoms with E-state index in [1.807, 2.05) is 18.2 Å². The lowest BCUT2D eigenvalue weighted by Gasteiger charge is -2.36. The molecule has 2 aliphatic rings. The lowest BCUT2D eigenvalue weighted by atomic mass is 9.69. The van der Waals surface area contributed by atoms with Crippen LogP contribution in [0, 0.1) is 17.3 Å². The Morgan fingerprint density at radius 2 is 1.97 bits per heavy atom. The van der Waals surface area contributed by atoms with Crippen molar-refractivity contribution >= 4 is 28.2 Å². The van der Waals surface area contributed by atoms with E-state index in [4.69, 9.17) is 4.74 Å². The van der Waals surface area contributed by atoms with E-state index in [9.17, 15) is 9.59 Å². The van der Waals surface area contributed by atoms with Crippen LogP contribution in [0.3, 0.4) is 0 Å². The number of ether oxygens (including phenoxy) is 1. The molecule has 1 amide bonds. The first-order chi connectivity index (χ1) is 14.4. The van der Waals surface area contributed by atoms with Gasteiger partial charge < -0.3 is 10.1 Å². The Hall–Kier alpha value is -2.14. The van der Waals surface area contributed by atoms with Crippen LogP contribution >= 0.6 is 11.3 Å². The van der Waals surface area contributed by atoms with Crippen LogP contribution in [0.2, 0.25) is 0 Å². The van der Waals surface area contributed by atoms with E-state index in [0.29, 0.717) is 16.5 Å². The van der Waals surface area contributed by atoms with Crippen LogP contribution in [0.5, 0.6) is 0 Å². The number of hydrogen-bond acceptors (Lipinski definition) is 4. The normalized spacial score (nSPS) is 22.9. The molecule has 30 heavy (non-hydrogen) atoms. The van der Waals surface area contributed by atoms with Crippen molar-refractivity contribution in [2.45, 2.75) is 58.8 Å². The molecule has 2 aromatic rings. The third kappa shape index (κ3) is 3.92. The van der Waals surface area contributed by atoms with Crippen LogP contribution in [0.15, 0.2) is 30.3 Å². The average Bonchev–Trinajstić information content (AvgIpc) is 3.49. The van der Waals surface area contributed by atoms with E-state index in [-0.39, 0.29) is 29.1 Å². The van der Waals surface area contributed by atoms with Gasteiger partial charge in [0.2, 0.25) is 5.91 Å². The van der Waals surface area contributed by atoms with Crippen LogP contribution in [-0.4, -0.2) is 19.0 Å². The number of anilines is 1. The second kappa shape index (κ2) is 8.18. The number of nitrogens with one attached hydrogen (secondary N) is 1. The van der Waals surface area contributed by atoms with Gasteiger partial charge in [-0.15, -0.1) is 11.3 Å². The molecule has 0 spiro atoms. The minimum Gasteiger partial charge on any atom is -0.465 e.